The summed E-state index contributed by atoms with van der Waals surface area (Å²) in [5, 5.41) is 72.3. The molecule has 0 bridgehead atoms. The molecule has 73 heavy (non-hydrogen) atoms. The number of carbonyl (C=O) groups excluding carboxylic acids is 1. The van der Waals surface area contributed by atoms with E-state index in [-0.39, 0.29) is 25.6 Å². The number of carbonyl (C=O) groups is 1. The minimum Gasteiger partial charge on any atom is -0.457 e. The van der Waals surface area contributed by atoms with Crippen molar-refractivity contribution < 1.29 is 69.0 Å². The smallest absolute Gasteiger partial charge is 0.306 e. The van der Waals surface area contributed by atoms with Crippen LogP contribution in [0.3, 0.4) is 0 Å². The average molecular weight is 1040 g/mol. The lowest BCUT2D eigenvalue weighted by Crippen LogP contribution is -2.61. The highest BCUT2D eigenvalue weighted by Crippen LogP contribution is 2.27. The minimum absolute atomic E-state index is 0.0561. The second kappa shape index (κ2) is 46.1. The van der Waals surface area contributed by atoms with Crippen LogP contribution in [-0.2, 0) is 33.2 Å². The fourth-order valence-electron chi connectivity index (χ4n) is 9.05. The van der Waals surface area contributed by atoms with Gasteiger partial charge in [0.05, 0.1) is 26.4 Å². The summed E-state index contributed by atoms with van der Waals surface area (Å²) in [6.45, 7) is 3.66. The molecule has 2 fully saturated rings. The largest absolute Gasteiger partial charge is 0.457 e. The Morgan fingerprint density at radius 2 is 0.849 bits per heavy atom. The van der Waals surface area contributed by atoms with Crippen molar-refractivity contribution in [1.29, 1.82) is 0 Å². The Morgan fingerprint density at radius 1 is 0.452 bits per heavy atom. The zero-order valence-electron chi connectivity index (χ0n) is 45.6. The van der Waals surface area contributed by atoms with Crippen molar-refractivity contribution in [3.8, 4) is 0 Å². The Hall–Kier alpha value is -2.05. The topological polar surface area (TPSA) is 214 Å². The Labute approximate surface area is 442 Å². The Bertz CT molecular complexity index is 1390. The summed E-state index contributed by atoms with van der Waals surface area (Å²) in [5.74, 6) is -0.386. The van der Waals surface area contributed by atoms with Crippen molar-refractivity contribution in [2.45, 2.75) is 287 Å². The number of allylic oxidation sites excluding steroid dienone is 8. The summed E-state index contributed by atoms with van der Waals surface area (Å²) in [5.41, 5.74) is 0. The predicted octanol–water partition coefficient (Wildman–Crippen LogP) is 10.3. The monoisotopic (exact) mass is 1040 g/mol. The molecule has 0 aromatic heterocycles. The number of rotatable bonds is 47. The molecule has 14 heteroatoms. The van der Waals surface area contributed by atoms with E-state index in [4.69, 9.17) is 28.4 Å². The predicted molar refractivity (Wildman–Crippen MR) is 289 cm³/mol. The van der Waals surface area contributed by atoms with Crippen molar-refractivity contribution in [3.05, 3.63) is 48.6 Å². The molecule has 11 atom stereocenters. The second-order valence-electron chi connectivity index (χ2n) is 20.5. The van der Waals surface area contributed by atoms with Crippen LogP contribution in [0.5, 0.6) is 0 Å². The number of hydrogen-bond acceptors (Lipinski definition) is 14. The Balaban J connectivity index is 1.68. The van der Waals surface area contributed by atoms with Gasteiger partial charge in [0, 0.05) is 13.0 Å². The third kappa shape index (κ3) is 33.0. The van der Waals surface area contributed by atoms with E-state index in [2.05, 4.69) is 62.5 Å². The van der Waals surface area contributed by atoms with E-state index in [0.717, 1.165) is 70.6 Å². The highest BCUT2D eigenvalue weighted by Gasteiger charge is 2.47. The summed E-state index contributed by atoms with van der Waals surface area (Å²) < 4.78 is 34.4. The fraction of sp³-hybridized carbons (Fsp3) is 0.847. The van der Waals surface area contributed by atoms with E-state index < -0.39 is 80.7 Å². The minimum atomic E-state index is -1.71. The molecule has 0 spiro atoms. The summed E-state index contributed by atoms with van der Waals surface area (Å²) in [6.07, 6.45) is 38.9. The van der Waals surface area contributed by atoms with Gasteiger partial charge in [0.15, 0.2) is 12.6 Å². The van der Waals surface area contributed by atoms with E-state index in [1.54, 1.807) is 0 Å². The lowest BCUT2D eigenvalue weighted by Gasteiger charge is -2.42. The fourth-order valence-corrected chi connectivity index (χ4v) is 9.05. The molecule has 2 heterocycles. The number of aliphatic hydroxyl groups excluding tert-OH is 7. The van der Waals surface area contributed by atoms with Gasteiger partial charge in [-0.2, -0.15) is 0 Å². The van der Waals surface area contributed by atoms with Crippen LogP contribution in [0.1, 0.15) is 219 Å². The number of ether oxygens (including phenoxy) is 6. The molecule has 2 rings (SSSR count). The van der Waals surface area contributed by atoms with Crippen LogP contribution in [0.2, 0.25) is 0 Å². The van der Waals surface area contributed by atoms with Gasteiger partial charge in [-0.1, -0.05) is 184 Å². The molecule has 2 aliphatic heterocycles. The quantitative estimate of drug-likeness (QED) is 0.0172. The molecule has 7 N–H and O–H groups in total. The lowest BCUT2D eigenvalue weighted by atomic mass is 9.98. The SMILES string of the molecule is CCCCCC/C=C\CCCCCCCC(=O)OC(COCCCCCCCCCCCCC/C=C\C/C=C\C/C=C\CCCCCCC)COC1OC(COC2OC(CO)C(O)C(O)C2O)C(O)C(O)C1O. The number of aliphatic hydroxyl groups is 7. The molecule has 2 saturated heterocycles. The van der Waals surface area contributed by atoms with E-state index in [0.29, 0.717) is 13.0 Å². The highest BCUT2D eigenvalue weighted by molar-refractivity contribution is 5.69. The molecule has 0 aromatic rings. The normalized spacial score (nSPS) is 25.3. The van der Waals surface area contributed by atoms with E-state index in [1.165, 1.54) is 122 Å². The van der Waals surface area contributed by atoms with Crippen LogP contribution in [0.25, 0.3) is 0 Å². The maximum atomic E-state index is 13.0. The van der Waals surface area contributed by atoms with Crippen LogP contribution in [0.15, 0.2) is 48.6 Å². The first-order valence-corrected chi connectivity index (χ1v) is 29.2. The van der Waals surface area contributed by atoms with Gasteiger partial charge in [-0.25, -0.2) is 0 Å². The van der Waals surface area contributed by atoms with E-state index in [1.807, 2.05) is 0 Å². The van der Waals surface area contributed by atoms with Crippen LogP contribution < -0.4 is 0 Å². The van der Waals surface area contributed by atoms with Gasteiger partial charge >= 0.3 is 5.97 Å². The first-order valence-electron chi connectivity index (χ1n) is 29.2. The second-order valence-corrected chi connectivity index (χ2v) is 20.5. The molecule has 11 unspecified atom stereocenters. The van der Waals surface area contributed by atoms with Crippen LogP contribution in [-0.4, -0.2) is 142 Å². The molecule has 2 aliphatic rings. The molecule has 0 aliphatic carbocycles. The lowest BCUT2D eigenvalue weighted by molar-refractivity contribution is -0.332. The van der Waals surface area contributed by atoms with Crippen molar-refractivity contribution in [2.75, 3.05) is 33.0 Å². The average Bonchev–Trinajstić information content (AvgIpc) is 3.39. The third-order valence-corrected chi connectivity index (χ3v) is 13.8. The van der Waals surface area contributed by atoms with Gasteiger partial charge in [-0.05, 0) is 77.0 Å². The van der Waals surface area contributed by atoms with Gasteiger partial charge < -0.3 is 64.2 Å². The number of hydrogen-bond donors (Lipinski definition) is 7. The molecular formula is C59H106O14. The van der Waals surface area contributed by atoms with Crippen molar-refractivity contribution in [2.24, 2.45) is 0 Å². The zero-order valence-corrected chi connectivity index (χ0v) is 45.6. The van der Waals surface area contributed by atoms with Crippen LogP contribution in [0, 0.1) is 0 Å². The standard InChI is InChI=1S/C59H106O14/c1-3-5-7-9-11-13-15-17-18-19-20-21-22-23-24-25-26-27-28-29-31-33-35-37-39-41-43-68-45-48(71-51(61)42-40-38-36-34-32-30-16-14-12-10-8-6-4-2)46-69-58-57(67)55(65)53(63)50(73-58)47-70-59-56(66)54(64)52(62)49(44-60)72-59/h14-17,19-20,22-23,48-50,52-60,62-67H,3-13,18,21,24-47H2,1-2H3/b16-14-,17-15-,20-19-,23-22-. The third-order valence-electron chi connectivity index (χ3n) is 13.8. The Kier molecular flexibility index (Phi) is 42.3. The van der Waals surface area contributed by atoms with Gasteiger partial charge in [0.25, 0.3) is 0 Å². The molecule has 426 valence electrons. The summed E-state index contributed by atoms with van der Waals surface area (Å²) >= 11 is 0. The van der Waals surface area contributed by atoms with E-state index >= 15 is 0 Å². The maximum Gasteiger partial charge on any atom is 0.306 e. The van der Waals surface area contributed by atoms with Crippen molar-refractivity contribution >= 4 is 5.97 Å². The van der Waals surface area contributed by atoms with Gasteiger partial charge in [-0.15, -0.1) is 0 Å². The van der Waals surface area contributed by atoms with Gasteiger partial charge in [0.1, 0.15) is 54.9 Å². The summed E-state index contributed by atoms with van der Waals surface area (Å²) in [6, 6.07) is 0. The van der Waals surface area contributed by atoms with Gasteiger partial charge in [0.2, 0.25) is 0 Å². The number of unbranched alkanes of at least 4 members (excludes halogenated alkanes) is 25. The van der Waals surface area contributed by atoms with Crippen molar-refractivity contribution in [3.63, 3.8) is 0 Å². The first kappa shape index (κ1) is 67.1. The maximum absolute atomic E-state index is 13.0. The summed E-state index contributed by atoms with van der Waals surface area (Å²) in [7, 11) is 0. The first-order chi connectivity index (χ1) is 35.6. The molecular weight excluding hydrogens is 933 g/mol. The molecule has 14 nitrogen and oxygen atoms in total. The molecule has 0 aromatic carbocycles. The molecule has 0 saturated carbocycles. The summed E-state index contributed by atoms with van der Waals surface area (Å²) in [4.78, 5) is 13.0. The number of esters is 1. The molecule has 0 amide bonds. The van der Waals surface area contributed by atoms with E-state index in [9.17, 15) is 40.5 Å². The van der Waals surface area contributed by atoms with Crippen LogP contribution >= 0.6 is 0 Å². The van der Waals surface area contributed by atoms with Gasteiger partial charge in [-0.3, -0.25) is 4.79 Å². The zero-order chi connectivity index (χ0) is 53.0. The van der Waals surface area contributed by atoms with Crippen LogP contribution in [0.4, 0.5) is 0 Å². The highest BCUT2D eigenvalue weighted by atomic mass is 16.7. The van der Waals surface area contributed by atoms with Crippen molar-refractivity contribution in [1.82, 2.24) is 0 Å². The Morgan fingerprint density at radius 3 is 1.36 bits per heavy atom. The molecule has 0 radical (unpaired) electrons.